The van der Waals surface area contributed by atoms with E-state index in [0.29, 0.717) is 13.1 Å². The number of rotatable bonds is 1. The van der Waals surface area contributed by atoms with Crippen LogP contribution in [0.25, 0.3) is 0 Å². The van der Waals surface area contributed by atoms with Gasteiger partial charge in [-0.05, 0) is 6.54 Å². The number of halogens is 2. The van der Waals surface area contributed by atoms with Gasteiger partial charge in [0, 0.05) is 24.9 Å². The minimum absolute atomic E-state index is 0.499. The fraction of sp³-hybridized carbons (Fsp3) is 1.00. The topological polar surface area (TPSA) is 3.24 Å². The number of nitrogens with zero attached hydrogens (tertiary/aromatic N) is 1. The summed E-state index contributed by atoms with van der Waals surface area (Å²) in [6, 6.07) is 0. The van der Waals surface area contributed by atoms with Gasteiger partial charge < -0.3 is 4.90 Å². The Balaban J connectivity index is 2.64. The van der Waals surface area contributed by atoms with Gasteiger partial charge in [0.25, 0.3) is 5.92 Å². The molecule has 72 valence electrons. The van der Waals surface area contributed by atoms with E-state index < -0.39 is 17.8 Å². The van der Waals surface area contributed by atoms with Crippen LogP contribution in [0.5, 0.6) is 0 Å². The SMILES string of the molecule is CCN1CC(C)C(F)(F)C(C)C1. The first-order chi connectivity index (χ1) is 5.48. The first-order valence-corrected chi connectivity index (χ1v) is 4.58. The largest absolute Gasteiger partial charge is 0.303 e. The van der Waals surface area contributed by atoms with Gasteiger partial charge in [0.1, 0.15) is 0 Å². The number of hydrogen-bond donors (Lipinski definition) is 0. The van der Waals surface area contributed by atoms with Crippen LogP contribution in [-0.2, 0) is 0 Å². The Morgan fingerprint density at radius 3 is 2.00 bits per heavy atom. The molecule has 1 aliphatic heterocycles. The molecule has 3 heteroatoms. The van der Waals surface area contributed by atoms with Crippen LogP contribution >= 0.6 is 0 Å². The van der Waals surface area contributed by atoms with Crippen LogP contribution in [0.3, 0.4) is 0 Å². The third-order valence-corrected chi connectivity index (χ3v) is 2.83. The smallest absolute Gasteiger partial charge is 0.255 e. The summed E-state index contributed by atoms with van der Waals surface area (Å²) >= 11 is 0. The molecule has 1 fully saturated rings. The van der Waals surface area contributed by atoms with Crippen molar-refractivity contribution in [1.82, 2.24) is 4.90 Å². The zero-order valence-electron chi connectivity index (χ0n) is 7.98. The average Bonchev–Trinajstić information content (AvgIpc) is 2.00. The van der Waals surface area contributed by atoms with Gasteiger partial charge in [0.15, 0.2) is 0 Å². The molecule has 0 saturated carbocycles. The summed E-state index contributed by atoms with van der Waals surface area (Å²) in [5.41, 5.74) is 0. The van der Waals surface area contributed by atoms with Gasteiger partial charge in [-0.2, -0.15) is 0 Å². The van der Waals surface area contributed by atoms with Crippen molar-refractivity contribution in [2.75, 3.05) is 19.6 Å². The molecule has 0 N–H and O–H groups in total. The Labute approximate surface area is 72.7 Å². The maximum atomic E-state index is 13.3. The monoisotopic (exact) mass is 177 g/mol. The summed E-state index contributed by atoms with van der Waals surface area (Å²) in [7, 11) is 0. The molecule has 0 radical (unpaired) electrons. The van der Waals surface area contributed by atoms with Gasteiger partial charge >= 0.3 is 0 Å². The third kappa shape index (κ3) is 1.60. The molecule has 0 spiro atoms. The lowest BCUT2D eigenvalue weighted by Crippen LogP contribution is -2.51. The average molecular weight is 177 g/mol. The van der Waals surface area contributed by atoms with Gasteiger partial charge in [-0.25, -0.2) is 8.78 Å². The molecule has 0 aliphatic carbocycles. The zero-order chi connectivity index (χ0) is 9.35. The van der Waals surface area contributed by atoms with Crippen LogP contribution in [0.2, 0.25) is 0 Å². The van der Waals surface area contributed by atoms with Crippen molar-refractivity contribution < 1.29 is 8.78 Å². The van der Waals surface area contributed by atoms with E-state index in [4.69, 9.17) is 0 Å². The van der Waals surface area contributed by atoms with E-state index in [1.165, 1.54) is 0 Å². The summed E-state index contributed by atoms with van der Waals surface area (Å²) in [5.74, 6) is -3.46. The molecular formula is C9H17F2N. The predicted molar refractivity (Wildman–Crippen MR) is 45.4 cm³/mol. The highest BCUT2D eigenvalue weighted by molar-refractivity contribution is 4.88. The molecule has 0 bridgehead atoms. The highest BCUT2D eigenvalue weighted by atomic mass is 19.3. The summed E-state index contributed by atoms with van der Waals surface area (Å²) < 4.78 is 26.5. The highest BCUT2D eigenvalue weighted by Crippen LogP contribution is 2.37. The number of hydrogen-bond acceptors (Lipinski definition) is 1. The minimum Gasteiger partial charge on any atom is -0.303 e. The van der Waals surface area contributed by atoms with Gasteiger partial charge in [0.05, 0.1) is 0 Å². The van der Waals surface area contributed by atoms with Crippen molar-refractivity contribution in [1.29, 1.82) is 0 Å². The first kappa shape index (κ1) is 9.90. The van der Waals surface area contributed by atoms with Crippen LogP contribution in [0.1, 0.15) is 20.8 Å². The van der Waals surface area contributed by atoms with E-state index in [2.05, 4.69) is 4.90 Å². The molecule has 0 aromatic rings. The zero-order valence-corrected chi connectivity index (χ0v) is 7.98. The molecular weight excluding hydrogens is 160 g/mol. The minimum atomic E-state index is -2.47. The van der Waals surface area contributed by atoms with Gasteiger partial charge in [-0.1, -0.05) is 20.8 Å². The number of piperidine rings is 1. The first-order valence-electron chi connectivity index (χ1n) is 4.58. The van der Waals surface area contributed by atoms with Crippen LogP contribution in [0.4, 0.5) is 8.78 Å². The van der Waals surface area contributed by atoms with Crippen molar-refractivity contribution in [2.45, 2.75) is 26.7 Å². The highest BCUT2D eigenvalue weighted by Gasteiger charge is 2.46. The maximum absolute atomic E-state index is 13.3. The van der Waals surface area contributed by atoms with Crippen LogP contribution < -0.4 is 0 Å². The Kier molecular flexibility index (Phi) is 2.71. The molecule has 0 aromatic carbocycles. The predicted octanol–water partition coefficient (Wildman–Crippen LogP) is 2.23. The van der Waals surface area contributed by atoms with E-state index in [9.17, 15) is 8.78 Å². The standard InChI is InChI=1S/C9H17F2N/c1-4-12-5-7(2)9(10,11)8(3)6-12/h7-8H,4-6H2,1-3H3. The lowest BCUT2D eigenvalue weighted by atomic mass is 9.87. The molecule has 1 heterocycles. The summed E-state index contributed by atoms with van der Waals surface area (Å²) in [5, 5.41) is 0. The molecule has 1 rings (SSSR count). The Hall–Kier alpha value is -0.180. The van der Waals surface area contributed by atoms with Crippen molar-refractivity contribution in [3.8, 4) is 0 Å². The Morgan fingerprint density at radius 1 is 1.25 bits per heavy atom. The number of alkyl halides is 2. The van der Waals surface area contributed by atoms with E-state index >= 15 is 0 Å². The maximum Gasteiger partial charge on any atom is 0.255 e. The molecule has 12 heavy (non-hydrogen) atoms. The van der Waals surface area contributed by atoms with Crippen molar-refractivity contribution in [2.24, 2.45) is 11.8 Å². The molecule has 1 nitrogen and oxygen atoms in total. The van der Waals surface area contributed by atoms with Crippen LogP contribution in [0, 0.1) is 11.8 Å². The van der Waals surface area contributed by atoms with Gasteiger partial charge in [-0.15, -0.1) is 0 Å². The quantitative estimate of drug-likeness (QED) is 0.593. The fourth-order valence-corrected chi connectivity index (χ4v) is 1.84. The lowest BCUT2D eigenvalue weighted by molar-refractivity contribution is -0.138. The van der Waals surface area contributed by atoms with Crippen LogP contribution in [-0.4, -0.2) is 30.5 Å². The Bertz CT molecular complexity index is 145. The van der Waals surface area contributed by atoms with Crippen molar-refractivity contribution in [3.63, 3.8) is 0 Å². The molecule has 2 atom stereocenters. The van der Waals surface area contributed by atoms with Crippen molar-refractivity contribution in [3.05, 3.63) is 0 Å². The van der Waals surface area contributed by atoms with E-state index in [0.717, 1.165) is 6.54 Å². The van der Waals surface area contributed by atoms with Crippen LogP contribution in [0.15, 0.2) is 0 Å². The summed E-state index contributed by atoms with van der Waals surface area (Å²) in [6.45, 7) is 7.24. The van der Waals surface area contributed by atoms with E-state index in [1.807, 2.05) is 6.92 Å². The second kappa shape index (κ2) is 3.29. The second-order valence-corrected chi connectivity index (χ2v) is 3.83. The number of likely N-dealkylation sites (tertiary alicyclic amines) is 1. The van der Waals surface area contributed by atoms with Gasteiger partial charge in [-0.3, -0.25) is 0 Å². The second-order valence-electron chi connectivity index (χ2n) is 3.83. The molecule has 2 unspecified atom stereocenters. The fourth-order valence-electron chi connectivity index (χ4n) is 1.84. The normalized spacial score (nSPS) is 36.8. The third-order valence-electron chi connectivity index (χ3n) is 2.83. The molecule has 1 aliphatic rings. The Morgan fingerprint density at radius 2 is 1.67 bits per heavy atom. The summed E-state index contributed by atoms with van der Waals surface area (Å²) in [4.78, 5) is 2.09. The summed E-state index contributed by atoms with van der Waals surface area (Å²) in [6.07, 6.45) is 0. The molecule has 0 amide bonds. The van der Waals surface area contributed by atoms with Gasteiger partial charge in [0.2, 0.25) is 0 Å². The lowest BCUT2D eigenvalue weighted by Gasteiger charge is -2.40. The molecule has 0 aromatic heterocycles. The van der Waals surface area contributed by atoms with E-state index in [1.54, 1.807) is 13.8 Å². The molecule has 1 saturated heterocycles. The van der Waals surface area contributed by atoms with E-state index in [-0.39, 0.29) is 0 Å². The van der Waals surface area contributed by atoms with Crippen molar-refractivity contribution >= 4 is 0 Å².